The number of aromatic nitrogens is 3. The van der Waals surface area contributed by atoms with Crippen molar-refractivity contribution in [2.45, 2.75) is 76.5 Å². The third-order valence-electron chi connectivity index (χ3n) is 13.0. The van der Waals surface area contributed by atoms with Crippen LogP contribution >= 0.6 is 0 Å². The van der Waals surface area contributed by atoms with Gasteiger partial charge in [-0.25, -0.2) is 4.98 Å². The first-order chi connectivity index (χ1) is 31.1. The predicted molar refractivity (Wildman–Crippen MR) is 245 cm³/mol. The Morgan fingerprint density at radius 3 is 2.28 bits per heavy atom. The highest BCUT2D eigenvalue weighted by atomic mass is 16.2. The molecule has 0 bridgehead atoms. The van der Waals surface area contributed by atoms with Crippen molar-refractivity contribution in [1.82, 2.24) is 35.2 Å². The van der Waals surface area contributed by atoms with Crippen LogP contribution in [0.2, 0.25) is 0 Å². The average molecular weight is 861 g/mol. The Bertz CT molecular complexity index is 2430. The molecule has 3 aliphatic rings. The summed E-state index contributed by atoms with van der Waals surface area (Å²) < 4.78 is 1.68. The lowest BCUT2D eigenvalue weighted by Gasteiger charge is -2.47. The van der Waals surface area contributed by atoms with E-state index in [1.54, 1.807) is 35.3 Å². The van der Waals surface area contributed by atoms with Crippen LogP contribution in [0.25, 0.3) is 11.1 Å². The van der Waals surface area contributed by atoms with Gasteiger partial charge in [0.25, 0.3) is 0 Å². The summed E-state index contributed by atoms with van der Waals surface area (Å²) in [4.78, 5) is 62.5. The molecule has 330 valence electrons. The van der Waals surface area contributed by atoms with Crippen LogP contribution < -0.4 is 20.9 Å². The van der Waals surface area contributed by atoms with E-state index in [9.17, 15) is 19.2 Å². The number of nitrogens with one attached hydrogen (secondary N) is 3. The van der Waals surface area contributed by atoms with Crippen molar-refractivity contribution >= 4 is 35.1 Å². The maximum atomic E-state index is 13.6. The van der Waals surface area contributed by atoms with Crippen molar-refractivity contribution in [2.24, 2.45) is 5.92 Å². The molecule has 4 atom stereocenters. The molecule has 1 unspecified atom stereocenters. The van der Waals surface area contributed by atoms with Crippen molar-refractivity contribution in [3.05, 3.63) is 132 Å². The zero-order chi connectivity index (χ0) is 44.6. The van der Waals surface area contributed by atoms with Crippen molar-refractivity contribution in [3.8, 4) is 17.2 Å². The van der Waals surface area contributed by atoms with Gasteiger partial charge in [0.15, 0.2) is 0 Å². The van der Waals surface area contributed by atoms with E-state index in [2.05, 4.69) is 67.9 Å². The van der Waals surface area contributed by atoms with E-state index >= 15 is 0 Å². The van der Waals surface area contributed by atoms with E-state index < -0.39 is 6.04 Å². The third-order valence-corrected chi connectivity index (χ3v) is 13.0. The molecule has 14 heteroatoms. The lowest BCUT2D eigenvalue weighted by Crippen LogP contribution is -2.58. The van der Waals surface area contributed by atoms with Crippen molar-refractivity contribution in [3.63, 3.8) is 0 Å². The van der Waals surface area contributed by atoms with Gasteiger partial charge >= 0.3 is 0 Å². The van der Waals surface area contributed by atoms with Crippen LogP contribution in [0.15, 0.2) is 110 Å². The molecule has 5 aromatic rings. The van der Waals surface area contributed by atoms with Gasteiger partial charge in [0.1, 0.15) is 18.4 Å². The average Bonchev–Trinajstić information content (AvgIpc) is 3.78. The molecule has 0 aliphatic carbocycles. The van der Waals surface area contributed by atoms with Gasteiger partial charge in [-0.1, -0.05) is 54.6 Å². The van der Waals surface area contributed by atoms with Crippen LogP contribution in [-0.4, -0.2) is 99.5 Å². The second-order valence-electron chi connectivity index (χ2n) is 17.4. The normalized spacial score (nSPS) is 20.0. The Kier molecular flexibility index (Phi) is 13.9. The molecule has 3 N–H and O–H groups in total. The molecule has 8 rings (SSSR count). The number of hydrogen-bond acceptors (Lipinski definition) is 10. The minimum absolute atomic E-state index is 0.0572. The van der Waals surface area contributed by atoms with Gasteiger partial charge in [-0.15, -0.1) is 0 Å². The van der Waals surface area contributed by atoms with Crippen molar-refractivity contribution in [2.75, 3.05) is 49.5 Å². The summed E-state index contributed by atoms with van der Waals surface area (Å²) in [7, 11) is 0. The van der Waals surface area contributed by atoms with Crippen LogP contribution in [-0.2, 0) is 32.1 Å². The fraction of sp³-hybridized carbons (Fsp3) is 0.380. The maximum absolute atomic E-state index is 13.6. The number of carbonyl (C=O) groups excluding carboxylic acids is 4. The monoisotopic (exact) mass is 860 g/mol. The molecule has 0 spiro atoms. The van der Waals surface area contributed by atoms with Gasteiger partial charge < -0.3 is 20.4 Å². The number of rotatable bonds is 14. The summed E-state index contributed by atoms with van der Waals surface area (Å²) in [5.41, 5.74) is 6.28. The van der Waals surface area contributed by atoms with Crippen LogP contribution in [0.5, 0.6) is 0 Å². The molecule has 0 radical (unpaired) electrons. The zero-order valence-corrected chi connectivity index (χ0v) is 36.5. The molecule has 0 saturated carbocycles. The number of hydrogen-bond donors (Lipinski definition) is 3. The molecule has 14 nitrogen and oxygen atoms in total. The number of nitriles is 1. The summed E-state index contributed by atoms with van der Waals surface area (Å²) in [6.07, 6.45) is 8.84. The van der Waals surface area contributed by atoms with Gasteiger partial charge in [-0.05, 0) is 98.5 Å². The summed E-state index contributed by atoms with van der Waals surface area (Å²) in [6.45, 7) is 9.62. The predicted octanol–water partition coefficient (Wildman–Crippen LogP) is 5.69. The minimum Gasteiger partial charge on any atom is -0.368 e. The number of piperidine rings is 2. The molecular formula is C50H56N10O4. The first-order valence-electron chi connectivity index (χ1n) is 22.4. The molecule has 64 heavy (non-hydrogen) atoms. The van der Waals surface area contributed by atoms with E-state index in [-0.39, 0.29) is 36.1 Å². The second kappa shape index (κ2) is 20.2. The molecule has 5 heterocycles. The molecule has 3 fully saturated rings. The SMILES string of the molecule is C[C@@H]1CN(c2ccc(C3CCC(=O)NC3=O)cc2)C[C@H](C)N1CC1CCN(C(=O)Cn2cc(-c3ccc(NC(=O)[C@H](NCCc4ccc(C#N)cc4)c4ccccc4)nc3)cn2)CC1. The standard InChI is InChI=1S/C50H56N10O4/c1-34-29-58(43-15-12-39(13-16-43)44-17-19-46(61)56-49(44)63)30-35(2)60(34)31-38-21-24-57(25-22-38)47(62)33-59-32-42(28-54-59)41-14-18-45(53-27-41)55-50(64)48(40-6-4-3-5-7-40)52-23-20-36-8-10-37(26-51)11-9-36/h3-16,18,27-28,32,34-35,38,44,48,52H,17,19-25,29-31,33H2,1-2H3,(H,53,55,64)(H,56,61,63)/t34-,35+,44?,48-/m1/s1. The zero-order valence-electron chi connectivity index (χ0n) is 36.5. The maximum Gasteiger partial charge on any atom is 0.247 e. The topological polar surface area (TPSA) is 169 Å². The molecule has 3 aliphatic heterocycles. The van der Waals surface area contributed by atoms with Crippen molar-refractivity contribution < 1.29 is 19.2 Å². The fourth-order valence-corrected chi connectivity index (χ4v) is 9.31. The molecule has 2 aromatic heterocycles. The minimum atomic E-state index is -0.593. The summed E-state index contributed by atoms with van der Waals surface area (Å²) >= 11 is 0. The lowest BCUT2D eigenvalue weighted by molar-refractivity contribution is -0.135. The number of nitrogens with zero attached hydrogens (tertiary/aromatic N) is 7. The van der Waals surface area contributed by atoms with E-state index in [1.165, 1.54) is 0 Å². The van der Waals surface area contributed by atoms with Crippen LogP contribution in [0.4, 0.5) is 11.5 Å². The third kappa shape index (κ3) is 10.7. The Morgan fingerprint density at radius 2 is 1.61 bits per heavy atom. The van der Waals surface area contributed by atoms with Gasteiger partial charge in [0, 0.05) is 87.0 Å². The van der Waals surface area contributed by atoms with E-state index in [0.717, 1.165) is 79.1 Å². The highest BCUT2D eigenvalue weighted by Crippen LogP contribution is 2.30. The van der Waals surface area contributed by atoms with Gasteiger partial charge in [-0.3, -0.25) is 34.1 Å². The van der Waals surface area contributed by atoms with Crippen LogP contribution in [0, 0.1) is 17.2 Å². The lowest BCUT2D eigenvalue weighted by atomic mass is 9.90. The van der Waals surface area contributed by atoms with E-state index in [4.69, 9.17) is 5.26 Å². The number of imide groups is 1. The van der Waals surface area contributed by atoms with Gasteiger partial charge in [-0.2, -0.15) is 10.4 Å². The summed E-state index contributed by atoms with van der Waals surface area (Å²) in [5, 5.41) is 22.4. The van der Waals surface area contributed by atoms with Crippen LogP contribution in [0.3, 0.4) is 0 Å². The number of pyridine rings is 1. The largest absolute Gasteiger partial charge is 0.368 e. The highest BCUT2D eigenvalue weighted by Gasteiger charge is 2.34. The Morgan fingerprint density at radius 1 is 0.875 bits per heavy atom. The Labute approximate surface area is 374 Å². The second-order valence-corrected chi connectivity index (χ2v) is 17.4. The van der Waals surface area contributed by atoms with Gasteiger partial charge in [0.2, 0.25) is 23.6 Å². The molecule has 3 aromatic carbocycles. The number of piperazine rings is 1. The smallest absolute Gasteiger partial charge is 0.247 e. The highest BCUT2D eigenvalue weighted by molar-refractivity contribution is 6.01. The molecule has 3 saturated heterocycles. The molecular weight excluding hydrogens is 805 g/mol. The van der Waals surface area contributed by atoms with Crippen molar-refractivity contribution in [1.29, 1.82) is 5.26 Å². The number of amides is 4. The first-order valence-corrected chi connectivity index (χ1v) is 22.4. The number of carbonyl (C=O) groups is 4. The summed E-state index contributed by atoms with van der Waals surface area (Å²) in [6, 6.07) is 31.2. The Balaban J connectivity index is 0.781. The summed E-state index contributed by atoms with van der Waals surface area (Å²) in [5.74, 6) is 0.102. The molecule has 4 amide bonds. The van der Waals surface area contributed by atoms with Gasteiger partial charge in [0.05, 0.1) is 23.7 Å². The number of anilines is 2. The fourth-order valence-electron chi connectivity index (χ4n) is 9.31. The van der Waals surface area contributed by atoms with E-state index in [0.29, 0.717) is 55.2 Å². The van der Waals surface area contributed by atoms with E-state index in [1.807, 2.05) is 71.8 Å². The first kappa shape index (κ1) is 43.9. The quantitative estimate of drug-likeness (QED) is 0.118. The number of benzene rings is 3. The number of likely N-dealkylation sites (tertiary alicyclic amines) is 1. The Hall–Kier alpha value is -6.69. The van der Waals surface area contributed by atoms with Crippen LogP contribution in [0.1, 0.15) is 73.7 Å².